The number of hydrogen-bond acceptors (Lipinski definition) is 4. The smallest absolute Gasteiger partial charge is 0.337 e. The summed E-state index contributed by atoms with van der Waals surface area (Å²) in [5.41, 5.74) is 0.879. The lowest BCUT2D eigenvalue weighted by atomic mass is 10.2. The predicted molar refractivity (Wildman–Crippen MR) is 117 cm³/mol. The average Bonchev–Trinajstić information content (AvgIpc) is 2.80. The van der Waals surface area contributed by atoms with E-state index in [1.165, 1.54) is 45.8 Å². The Labute approximate surface area is 180 Å². The van der Waals surface area contributed by atoms with Crippen molar-refractivity contribution in [1.29, 1.82) is 0 Å². The van der Waals surface area contributed by atoms with Crippen LogP contribution >= 0.6 is 0 Å². The van der Waals surface area contributed by atoms with E-state index in [-0.39, 0.29) is 22.2 Å². The van der Waals surface area contributed by atoms with Crippen molar-refractivity contribution in [2.24, 2.45) is 0 Å². The normalized spacial score (nSPS) is 11.5. The first-order valence-corrected chi connectivity index (χ1v) is 9.19. The van der Waals surface area contributed by atoms with Gasteiger partial charge in [-0.05, 0) is 42.0 Å². The molecule has 0 atom stereocenters. The van der Waals surface area contributed by atoms with Crippen LogP contribution in [0.3, 0.4) is 0 Å². The lowest BCUT2D eigenvalue weighted by molar-refractivity contribution is 0.0696. The van der Waals surface area contributed by atoms with Crippen LogP contribution in [0, 0.1) is 0 Å². The van der Waals surface area contributed by atoms with Crippen molar-refractivity contribution in [2.75, 3.05) is 0 Å². The van der Waals surface area contributed by atoms with Gasteiger partial charge in [-0.2, -0.15) is 0 Å². The molecule has 7 heteroatoms. The molecule has 31 heavy (non-hydrogen) atoms. The largest absolute Gasteiger partial charge is 0.478 e. The number of nitrogens with zero attached hydrogens (tertiary/aromatic N) is 2. The van der Waals surface area contributed by atoms with E-state index >= 15 is 0 Å². The molecule has 2 N–H and O–H groups in total. The third kappa shape index (κ3) is 5.43. The van der Waals surface area contributed by atoms with Crippen LogP contribution in [0.1, 0.15) is 18.7 Å². The van der Waals surface area contributed by atoms with E-state index in [9.17, 15) is 19.5 Å². The summed E-state index contributed by atoms with van der Waals surface area (Å²) in [6.45, 7) is -2.45. The van der Waals surface area contributed by atoms with Crippen molar-refractivity contribution >= 4 is 5.97 Å². The van der Waals surface area contributed by atoms with Crippen LogP contribution in [0.15, 0.2) is 107 Å². The topological polar surface area (TPSA) is 102 Å². The molecule has 0 bridgehead atoms. The van der Waals surface area contributed by atoms with E-state index in [0.29, 0.717) is 11.4 Å². The van der Waals surface area contributed by atoms with Gasteiger partial charge in [0.05, 0.1) is 14.9 Å². The van der Waals surface area contributed by atoms with Crippen molar-refractivity contribution in [3.05, 3.63) is 129 Å². The minimum atomic E-state index is -2.45. The second-order valence-electron chi connectivity index (χ2n) is 6.34. The van der Waals surface area contributed by atoms with E-state index in [2.05, 4.69) is 0 Å². The van der Waals surface area contributed by atoms with Gasteiger partial charge < -0.3 is 10.2 Å². The molecule has 0 unspecified atom stereocenters. The Bertz CT molecular complexity index is 1360. The number of benzene rings is 2. The molecule has 0 radical (unpaired) electrons. The van der Waals surface area contributed by atoms with Crippen LogP contribution in [0.4, 0.5) is 0 Å². The number of aromatic nitrogens is 2. The summed E-state index contributed by atoms with van der Waals surface area (Å²) in [6.07, 6.45) is 2.62. The van der Waals surface area contributed by atoms with Crippen molar-refractivity contribution < 1.29 is 17.7 Å². The number of aromatic carboxylic acids is 1. The van der Waals surface area contributed by atoms with Crippen LogP contribution in [0.25, 0.3) is 11.4 Å². The second kappa shape index (κ2) is 10.00. The lowest BCUT2D eigenvalue weighted by Crippen LogP contribution is -2.18. The van der Waals surface area contributed by atoms with Gasteiger partial charge in [0, 0.05) is 35.9 Å². The maximum atomic E-state index is 11.7. The number of rotatable bonds is 4. The molecule has 4 aromatic rings. The first-order chi connectivity index (χ1) is 15.7. The minimum Gasteiger partial charge on any atom is -0.478 e. The molecule has 0 aliphatic heterocycles. The van der Waals surface area contributed by atoms with Crippen LogP contribution in [0.2, 0.25) is 0 Å². The van der Waals surface area contributed by atoms with Gasteiger partial charge in [-0.3, -0.25) is 18.7 Å². The number of para-hydroxylation sites is 2. The summed E-state index contributed by atoms with van der Waals surface area (Å²) in [7, 11) is 0. The summed E-state index contributed by atoms with van der Waals surface area (Å²) in [5.74, 6) is -1.05. The Kier molecular flexibility index (Phi) is 6.06. The molecular formula is C24H20N2O5. The van der Waals surface area contributed by atoms with Gasteiger partial charge >= 0.3 is 5.97 Å². The predicted octanol–water partition coefficient (Wildman–Crippen LogP) is 2.87. The standard InChI is InChI=1S/C12H9NO3.C12H11NO2/c14-11-7-6-9(12(15)16)8-13(11)10-4-2-1-3-5-10;14-9-10-6-7-12(15)13(8-10)11-4-2-1-3-5-11/h1-8H,(H,15,16);1-8,14H,9H2/i;9D2. The number of carboxylic acid groups (broad SMARTS) is 1. The molecule has 0 fully saturated rings. The Morgan fingerprint density at radius 1 is 0.742 bits per heavy atom. The highest BCUT2D eigenvalue weighted by Crippen LogP contribution is 2.06. The highest BCUT2D eigenvalue weighted by Gasteiger charge is 2.06. The molecule has 0 amide bonds. The molecule has 0 aliphatic rings. The third-order valence-corrected chi connectivity index (χ3v) is 4.27. The third-order valence-electron chi connectivity index (χ3n) is 4.27. The van der Waals surface area contributed by atoms with Gasteiger partial charge in [-0.25, -0.2) is 4.79 Å². The molecule has 2 aromatic heterocycles. The molecule has 0 aliphatic carbocycles. The van der Waals surface area contributed by atoms with Crippen molar-refractivity contribution in [3.8, 4) is 11.4 Å². The number of carboxylic acids is 1. The molecule has 156 valence electrons. The van der Waals surface area contributed by atoms with E-state index in [1.54, 1.807) is 48.5 Å². The molecule has 2 heterocycles. The Balaban J connectivity index is 0.000000186. The quantitative estimate of drug-likeness (QED) is 0.531. The zero-order valence-electron chi connectivity index (χ0n) is 18.3. The zero-order valence-corrected chi connectivity index (χ0v) is 16.3. The fourth-order valence-corrected chi connectivity index (χ4v) is 2.75. The van der Waals surface area contributed by atoms with Crippen molar-refractivity contribution in [3.63, 3.8) is 0 Å². The fourth-order valence-electron chi connectivity index (χ4n) is 2.75. The van der Waals surface area contributed by atoms with E-state index in [1.807, 2.05) is 12.1 Å². The Hall–Kier alpha value is -4.23. The number of hydrogen-bond donors (Lipinski definition) is 2. The fraction of sp³-hybridized carbons (Fsp3) is 0.0417. The van der Waals surface area contributed by atoms with E-state index in [4.69, 9.17) is 7.85 Å². The van der Waals surface area contributed by atoms with Gasteiger partial charge in [-0.1, -0.05) is 36.4 Å². The van der Waals surface area contributed by atoms with Crippen molar-refractivity contribution in [2.45, 2.75) is 6.56 Å². The number of aliphatic hydroxyl groups is 1. The maximum absolute atomic E-state index is 11.7. The summed E-state index contributed by atoms with van der Waals surface area (Å²) in [5, 5.41) is 18.1. The van der Waals surface area contributed by atoms with Gasteiger partial charge in [0.2, 0.25) is 0 Å². The minimum absolute atomic E-state index is 0.0425. The monoisotopic (exact) mass is 418 g/mol. The molecule has 0 saturated heterocycles. The van der Waals surface area contributed by atoms with Crippen LogP contribution in [-0.2, 0) is 6.56 Å². The summed E-state index contributed by atoms with van der Waals surface area (Å²) in [6, 6.07) is 22.8. The number of pyridine rings is 2. The molecule has 0 spiro atoms. The summed E-state index contributed by atoms with van der Waals surface area (Å²) < 4.78 is 17.0. The lowest BCUT2D eigenvalue weighted by Gasteiger charge is -2.06. The molecule has 0 saturated carbocycles. The molecule has 4 rings (SSSR count). The highest BCUT2D eigenvalue weighted by atomic mass is 16.4. The second-order valence-corrected chi connectivity index (χ2v) is 6.34. The molecule has 7 nitrogen and oxygen atoms in total. The van der Waals surface area contributed by atoms with E-state index in [0.717, 1.165) is 0 Å². The zero-order chi connectivity index (χ0) is 24.0. The molecule has 2 aromatic carbocycles. The Morgan fingerprint density at radius 3 is 1.71 bits per heavy atom. The first-order valence-electron chi connectivity index (χ1n) is 10.2. The van der Waals surface area contributed by atoms with Gasteiger partial charge in [0.15, 0.2) is 0 Å². The van der Waals surface area contributed by atoms with Gasteiger partial charge in [-0.15, -0.1) is 0 Å². The summed E-state index contributed by atoms with van der Waals surface area (Å²) >= 11 is 0. The first kappa shape index (κ1) is 18.8. The Morgan fingerprint density at radius 2 is 1.23 bits per heavy atom. The number of carbonyl (C=O) groups is 1. The van der Waals surface area contributed by atoms with Crippen LogP contribution < -0.4 is 11.1 Å². The summed E-state index contributed by atoms with van der Waals surface area (Å²) in [4.78, 5) is 34.0. The maximum Gasteiger partial charge on any atom is 0.337 e. The SMILES string of the molecule is O=C(O)c1ccc(=O)n(-c2ccccc2)c1.[2H]C([2H])(O)c1ccc(=O)n(-c2ccccc2)c1. The van der Waals surface area contributed by atoms with Gasteiger partial charge in [0.1, 0.15) is 0 Å². The van der Waals surface area contributed by atoms with Crippen LogP contribution in [0.5, 0.6) is 0 Å². The van der Waals surface area contributed by atoms with Crippen molar-refractivity contribution in [1.82, 2.24) is 9.13 Å². The highest BCUT2D eigenvalue weighted by molar-refractivity contribution is 5.87. The van der Waals surface area contributed by atoms with Gasteiger partial charge in [0.25, 0.3) is 11.1 Å². The molecular weight excluding hydrogens is 396 g/mol. The average molecular weight is 418 g/mol. The van der Waals surface area contributed by atoms with Crippen LogP contribution in [-0.4, -0.2) is 25.3 Å². The van der Waals surface area contributed by atoms with E-state index < -0.39 is 12.5 Å².